The largest absolute Gasteiger partial charge is 0.378 e. The van der Waals surface area contributed by atoms with Crippen LogP contribution in [0.15, 0.2) is 35.4 Å². The highest BCUT2D eigenvalue weighted by Crippen LogP contribution is 2.31. The van der Waals surface area contributed by atoms with Crippen molar-refractivity contribution in [2.45, 2.75) is 17.2 Å². The lowest BCUT2D eigenvalue weighted by atomic mass is 10.3. The van der Waals surface area contributed by atoms with Gasteiger partial charge in [-0.2, -0.15) is 8.78 Å². The van der Waals surface area contributed by atoms with Gasteiger partial charge in [0.15, 0.2) is 0 Å². The Kier molecular flexibility index (Phi) is 5.06. The molecule has 0 unspecified atom stereocenters. The summed E-state index contributed by atoms with van der Waals surface area (Å²) in [7, 11) is 5.78. The predicted molar refractivity (Wildman–Crippen MR) is 83.2 cm³/mol. The number of anilines is 2. The molecule has 0 atom stereocenters. The van der Waals surface area contributed by atoms with Crippen LogP contribution in [-0.2, 0) is 13.6 Å². The van der Waals surface area contributed by atoms with E-state index in [2.05, 4.69) is 10.3 Å². The van der Waals surface area contributed by atoms with Crippen LogP contribution in [-0.4, -0.2) is 29.4 Å². The lowest BCUT2D eigenvalue weighted by molar-refractivity contribution is 0.252. The van der Waals surface area contributed by atoms with E-state index in [9.17, 15) is 8.78 Å². The zero-order valence-corrected chi connectivity index (χ0v) is 13.0. The Morgan fingerprint density at radius 2 is 2.05 bits per heavy atom. The molecular weight excluding hydrogens is 294 g/mol. The highest BCUT2D eigenvalue weighted by Gasteiger charge is 2.11. The third-order valence-electron chi connectivity index (χ3n) is 3.02. The van der Waals surface area contributed by atoms with Crippen molar-refractivity contribution in [1.82, 2.24) is 9.55 Å². The summed E-state index contributed by atoms with van der Waals surface area (Å²) in [6.07, 6.45) is 1.78. The van der Waals surface area contributed by atoms with E-state index in [1.807, 2.05) is 36.7 Å². The molecule has 0 saturated heterocycles. The second kappa shape index (κ2) is 6.80. The number of aromatic nitrogens is 2. The van der Waals surface area contributed by atoms with Gasteiger partial charge in [-0.1, -0.05) is 23.9 Å². The fourth-order valence-electron chi connectivity index (χ4n) is 2.01. The molecule has 0 radical (unpaired) electrons. The third-order valence-corrected chi connectivity index (χ3v) is 3.81. The van der Waals surface area contributed by atoms with Gasteiger partial charge in [-0.25, -0.2) is 4.98 Å². The van der Waals surface area contributed by atoms with Crippen LogP contribution in [0.3, 0.4) is 0 Å². The van der Waals surface area contributed by atoms with Crippen LogP contribution in [0.5, 0.6) is 0 Å². The van der Waals surface area contributed by atoms with Crippen molar-refractivity contribution in [2.75, 3.05) is 24.3 Å². The van der Waals surface area contributed by atoms with E-state index in [-0.39, 0.29) is 0 Å². The summed E-state index contributed by atoms with van der Waals surface area (Å²) in [4.78, 5) is 6.79. The Morgan fingerprint density at radius 3 is 2.67 bits per heavy atom. The van der Waals surface area contributed by atoms with Crippen LogP contribution < -0.4 is 10.2 Å². The van der Waals surface area contributed by atoms with Crippen molar-refractivity contribution in [1.29, 1.82) is 0 Å². The minimum absolute atomic E-state index is 0.526. The Hall–Kier alpha value is -1.76. The number of nitrogens with one attached hydrogen (secondary N) is 1. The second-order valence-corrected chi connectivity index (χ2v) is 5.76. The summed E-state index contributed by atoms with van der Waals surface area (Å²) < 4.78 is 27.0. The molecule has 0 aliphatic rings. The first-order chi connectivity index (χ1) is 9.99. The van der Waals surface area contributed by atoms with Gasteiger partial charge in [0.25, 0.3) is 5.76 Å². The van der Waals surface area contributed by atoms with Crippen LogP contribution in [0.1, 0.15) is 5.69 Å². The molecule has 0 amide bonds. The van der Waals surface area contributed by atoms with Crippen LogP contribution in [0.2, 0.25) is 0 Å². The molecule has 0 aliphatic heterocycles. The zero-order chi connectivity index (χ0) is 15.4. The Bertz CT molecular complexity index is 598. The van der Waals surface area contributed by atoms with Crippen LogP contribution >= 0.6 is 11.8 Å². The van der Waals surface area contributed by atoms with Gasteiger partial charge < -0.3 is 14.8 Å². The molecule has 0 aliphatic carbocycles. The van der Waals surface area contributed by atoms with Gasteiger partial charge in [0.1, 0.15) is 0 Å². The van der Waals surface area contributed by atoms with Gasteiger partial charge in [-0.05, 0) is 12.1 Å². The maximum Gasteiger partial charge on any atom is 0.288 e. The molecule has 0 saturated carbocycles. The van der Waals surface area contributed by atoms with E-state index in [1.165, 1.54) is 0 Å². The van der Waals surface area contributed by atoms with Gasteiger partial charge >= 0.3 is 0 Å². The highest BCUT2D eigenvalue weighted by atomic mass is 32.2. The van der Waals surface area contributed by atoms with Crippen LogP contribution in [0, 0.1) is 0 Å². The first-order valence-electron chi connectivity index (χ1n) is 6.44. The Morgan fingerprint density at radius 1 is 1.33 bits per heavy atom. The van der Waals surface area contributed by atoms with E-state index in [0.717, 1.165) is 11.6 Å². The molecular formula is C14H18F2N4S. The summed E-state index contributed by atoms with van der Waals surface area (Å²) in [5.41, 5.74) is 1.69. The number of hydrogen-bond acceptors (Lipinski definition) is 4. The minimum atomic E-state index is -2.43. The van der Waals surface area contributed by atoms with Crippen molar-refractivity contribution >= 4 is 23.4 Å². The quantitative estimate of drug-likeness (QED) is 0.829. The topological polar surface area (TPSA) is 33.1 Å². The van der Waals surface area contributed by atoms with Gasteiger partial charge in [-0.15, -0.1) is 0 Å². The maximum absolute atomic E-state index is 12.5. The van der Waals surface area contributed by atoms with Gasteiger partial charge in [0.2, 0.25) is 5.95 Å². The molecule has 1 aromatic carbocycles. The number of rotatable bonds is 6. The Labute approximate surface area is 127 Å². The zero-order valence-electron chi connectivity index (χ0n) is 12.2. The molecule has 0 bridgehead atoms. The molecule has 1 aromatic heterocycles. The van der Waals surface area contributed by atoms with E-state index in [1.54, 1.807) is 24.4 Å². The van der Waals surface area contributed by atoms with Gasteiger partial charge in [-0.3, -0.25) is 0 Å². The van der Waals surface area contributed by atoms with Crippen molar-refractivity contribution in [3.05, 3.63) is 36.2 Å². The number of alkyl halides is 2. The van der Waals surface area contributed by atoms with Crippen molar-refractivity contribution in [3.63, 3.8) is 0 Å². The number of halogens is 2. The first kappa shape index (κ1) is 15.6. The van der Waals surface area contributed by atoms with Gasteiger partial charge in [0, 0.05) is 31.7 Å². The van der Waals surface area contributed by atoms with Crippen molar-refractivity contribution < 1.29 is 8.78 Å². The summed E-state index contributed by atoms with van der Waals surface area (Å²) >= 11 is 0.548. The predicted octanol–water partition coefficient (Wildman–Crippen LogP) is 3.41. The van der Waals surface area contributed by atoms with Gasteiger partial charge in [0.05, 0.1) is 18.4 Å². The fourth-order valence-corrected chi connectivity index (χ4v) is 2.63. The van der Waals surface area contributed by atoms with E-state index >= 15 is 0 Å². The first-order valence-corrected chi connectivity index (χ1v) is 7.32. The molecule has 4 nitrogen and oxygen atoms in total. The van der Waals surface area contributed by atoms with E-state index < -0.39 is 5.76 Å². The average Bonchev–Trinajstić information content (AvgIpc) is 2.78. The highest BCUT2D eigenvalue weighted by molar-refractivity contribution is 7.99. The van der Waals surface area contributed by atoms with Crippen LogP contribution in [0.4, 0.5) is 20.4 Å². The van der Waals surface area contributed by atoms with Crippen LogP contribution in [0.25, 0.3) is 0 Å². The molecule has 21 heavy (non-hydrogen) atoms. The molecule has 1 heterocycles. The van der Waals surface area contributed by atoms with E-state index in [0.29, 0.717) is 28.9 Å². The monoisotopic (exact) mass is 312 g/mol. The molecule has 7 heteroatoms. The number of hydrogen-bond donors (Lipinski definition) is 1. The fraction of sp³-hybridized carbons (Fsp3) is 0.357. The maximum atomic E-state index is 12.5. The van der Waals surface area contributed by atoms with Crippen molar-refractivity contribution in [3.8, 4) is 0 Å². The summed E-state index contributed by atoms with van der Waals surface area (Å²) in [6.45, 7) is 0.526. The molecule has 0 spiro atoms. The Balaban J connectivity index is 2.10. The lowest BCUT2D eigenvalue weighted by Gasteiger charge is -2.14. The van der Waals surface area contributed by atoms with E-state index in [4.69, 9.17) is 0 Å². The molecule has 1 N–H and O–H groups in total. The lowest BCUT2D eigenvalue weighted by Crippen LogP contribution is -2.15. The molecule has 2 aromatic rings. The molecule has 114 valence electrons. The number of para-hydroxylation sites is 1. The summed E-state index contributed by atoms with van der Waals surface area (Å²) in [5.74, 6) is -1.58. The number of nitrogens with zero attached hydrogens (tertiary/aromatic N) is 3. The average molecular weight is 312 g/mol. The van der Waals surface area contributed by atoms with Crippen molar-refractivity contribution in [2.24, 2.45) is 7.05 Å². The second-order valence-electron chi connectivity index (χ2n) is 4.73. The minimum Gasteiger partial charge on any atom is -0.378 e. The number of thioether (sulfide) groups is 1. The standard InChI is InChI=1S/C14H18F2N4S/c1-19(2)14-18-9-10(20(14)3)8-17-11-6-4-5-7-12(11)21-13(15)16/h4-7,9,13,17H,8H2,1-3H3. The summed E-state index contributed by atoms with van der Waals surface area (Å²) in [5, 5.41) is 3.19. The molecule has 0 fully saturated rings. The summed E-state index contributed by atoms with van der Waals surface area (Å²) in [6, 6.07) is 7.07. The normalized spacial score (nSPS) is 11.0. The molecule has 2 rings (SSSR count). The SMILES string of the molecule is CN(C)c1ncc(CNc2ccccc2SC(F)F)n1C. The smallest absolute Gasteiger partial charge is 0.288 e. The number of imidazole rings is 1. The third kappa shape index (κ3) is 3.87. The number of benzene rings is 1.